The number of nitrogens with one attached hydrogen (secondary N) is 3. The predicted octanol–water partition coefficient (Wildman–Crippen LogP) is 3.16. The molecule has 0 radical (unpaired) electrons. The van der Waals surface area contributed by atoms with E-state index >= 15 is 0 Å². The van der Waals surface area contributed by atoms with Crippen LogP contribution in [0.25, 0.3) is 0 Å². The molecule has 110 valence electrons. The highest BCUT2D eigenvalue weighted by atomic mass is 16.1. The van der Waals surface area contributed by atoms with Crippen LogP contribution >= 0.6 is 0 Å². The summed E-state index contributed by atoms with van der Waals surface area (Å²) in [6.45, 7) is 0. The van der Waals surface area contributed by atoms with Crippen molar-refractivity contribution in [3.8, 4) is 0 Å². The second kappa shape index (κ2) is 6.49. The molecule has 1 aromatic heterocycles. The molecule has 3 N–H and O–H groups in total. The Bertz CT molecular complexity index is 785. The molecule has 2 aromatic carbocycles. The van der Waals surface area contributed by atoms with Crippen molar-refractivity contribution in [2.45, 2.75) is 0 Å². The van der Waals surface area contributed by atoms with E-state index in [1.54, 1.807) is 6.07 Å². The fourth-order valence-corrected chi connectivity index (χ4v) is 2.00. The second-order valence-electron chi connectivity index (χ2n) is 4.68. The zero-order valence-corrected chi connectivity index (χ0v) is 11.9. The molecule has 0 saturated carbocycles. The molecule has 0 amide bonds. The van der Waals surface area contributed by atoms with Gasteiger partial charge in [0.25, 0.3) is 5.56 Å². The molecule has 5 heteroatoms. The van der Waals surface area contributed by atoms with E-state index in [1.165, 1.54) is 10.7 Å². The van der Waals surface area contributed by atoms with Gasteiger partial charge in [0.2, 0.25) is 0 Å². The first kappa shape index (κ1) is 13.8. The van der Waals surface area contributed by atoms with Crippen LogP contribution in [0.2, 0.25) is 0 Å². The Labute approximate surface area is 128 Å². The Kier molecular flexibility index (Phi) is 4.06. The quantitative estimate of drug-likeness (QED) is 0.632. The lowest BCUT2D eigenvalue weighted by molar-refractivity contribution is 0.904. The molecule has 0 atom stereocenters. The molecule has 22 heavy (non-hydrogen) atoms. The van der Waals surface area contributed by atoms with Crippen LogP contribution in [0.3, 0.4) is 0 Å². The lowest BCUT2D eigenvalue weighted by atomic mass is 10.3. The fraction of sp³-hybridized carbons (Fsp3) is 0. The van der Waals surface area contributed by atoms with Crippen LogP contribution in [0, 0.1) is 0 Å². The van der Waals surface area contributed by atoms with E-state index in [4.69, 9.17) is 0 Å². The number of aromatic nitrogens is 1. The van der Waals surface area contributed by atoms with Crippen LogP contribution in [-0.4, -0.2) is 4.68 Å². The van der Waals surface area contributed by atoms with Gasteiger partial charge in [0.15, 0.2) is 0 Å². The van der Waals surface area contributed by atoms with Crippen molar-refractivity contribution in [1.29, 1.82) is 0 Å². The number of rotatable bonds is 5. The SMILES string of the molecule is O=c1cccc(NNc2ccccc2)n1Nc1ccccc1. The summed E-state index contributed by atoms with van der Waals surface area (Å²) in [7, 11) is 0. The molecule has 0 aliphatic heterocycles. The van der Waals surface area contributed by atoms with E-state index in [0.717, 1.165) is 11.4 Å². The Morgan fingerprint density at radius 2 is 1.27 bits per heavy atom. The molecule has 0 unspecified atom stereocenters. The van der Waals surface area contributed by atoms with Crippen molar-refractivity contribution in [3.05, 3.63) is 89.2 Å². The number of hydrazine groups is 1. The van der Waals surface area contributed by atoms with Gasteiger partial charge in [0.05, 0.1) is 11.4 Å². The normalized spacial score (nSPS) is 10.0. The van der Waals surface area contributed by atoms with Crippen molar-refractivity contribution in [1.82, 2.24) is 4.68 Å². The van der Waals surface area contributed by atoms with Gasteiger partial charge in [-0.3, -0.25) is 21.1 Å². The largest absolute Gasteiger partial charge is 0.300 e. The molecule has 0 saturated heterocycles. The summed E-state index contributed by atoms with van der Waals surface area (Å²) in [5.41, 5.74) is 10.8. The summed E-state index contributed by atoms with van der Waals surface area (Å²) in [5, 5.41) is 0. The maximum Gasteiger partial charge on any atom is 0.271 e. The van der Waals surface area contributed by atoms with Crippen LogP contribution in [0.1, 0.15) is 0 Å². The Hall–Kier alpha value is -3.21. The minimum Gasteiger partial charge on any atom is -0.300 e. The van der Waals surface area contributed by atoms with E-state index in [0.29, 0.717) is 5.82 Å². The van der Waals surface area contributed by atoms with Gasteiger partial charge in [-0.2, -0.15) is 0 Å². The van der Waals surface area contributed by atoms with Crippen LogP contribution < -0.4 is 21.8 Å². The molecule has 3 rings (SSSR count). The first-order valence-corrected chi connectivity index (χ1v) is 6.94. The number of hydrogen-bond acceptors (Lipinski definition) is 4. The highest BCUT2D eigenvalue weighted by Crippen LogP contribution is 2.10. The Morgan fingerprint density at radius 1 is 0.636 bits per heavy atom. The number of para-hydroxylation sites is 2. The van der Waals surface area contributed by atoms with Crippen LogP contribution in [-0.2, 0) is 0 Å². The monoisotopic (exact) mass is 292 g/mol. The van der Waals surface area contributed by atoms with Gasteiger partial charge in [-0.25, -0.2) is 4.68 Å². The Balaban J connectivity index is 1.82. The number of benzene rings is 2. The average Bonchev–Trinajstić information content (AvgIpc) is 2.57. The summed E-state index contributed by atoms with van der Waals surface area (Å²) >= 11 is 0. The van der Waals surface area contributed by atoms with Gasteiger partial charge < -0.3 is 0 Å². The van der Waals surface area contributed by atoms with E-state index in [1.807, 2.05) is 66.7 Å². The van der Waals surface area contributed by atoms with Crippen molar-refractivity contribution in [3.63, 3.8) is 0 Å². The fourth-order valence-electron chi connectivity index (χ4n) is 2.00. The summed E-state index contributed by atoms with van der Waals surface area (Å²) in [6, 6.07) is 24.2. The molecule has 0 aliphatic carbocycles. The summed E-state index contributed by atoms with van der Waals surface area (Å²) in [5.74, 6) is 0.611. The van der Waals surface area contributed by atoms with Gasteiger partial charge >= 0.3 is 0 Å². The zero-order chi connectivity index (χ0) is 15.2. The molecule has 0 spiro atoms. The third-order valence-corrected chi connectivity index (χ3v) is 3.08. The molecule has 1 heterocycles. The van der Waals surface area contributed by atoms with Crippen LogP contribution in [0.4, 0.5) is 17.2 Å². The molecular formula is C17H16N4O. The summed E-state index contributed by atoms with van der Waals surface area (Å²) in [4.78, 5) is 12.1. The number of pyridine rings is 1. The third kappa shape index (κ3) is 3.27. The van der Waals surface area contributed by atoms with Crippen LogP contribution in [0.5, 0.6) is 0 Å². The van der Waals surface area contributed by atoms with Gasteiger partial charge in [0, 0.05) is 6.07 Å². The number of nitrogens with zero attached hydrogens (tertiary/aromatic N) is 1. The van der Waals surface area contributed by atoms with Gasteiger partial charge in [0.1, 0.15) is 5.82 Å². The first-order valence-electron chi connectivity index (χ1n) is 6.94. The summed E-state index contributed by atoms with van der Waals surface area (Å²) < 4.78 is 1.45. The highest BCUT2D eigenvalue weighted by Gasteiger charge is 2.03. The van der Waals surface area contributed by atoms with Gasteiger partial charge in [-0.15, -0.1) is 0 Å². The zero-order valence-electron chi connectivity index (χ0n) is 11.9. The average molecular weight is 292 g/mol. The highest BCUT2D eigenvalue weighted by molar-refractivity contribution is 5.51. The van der Waals surface area contributed by atoms with E-state index < -0.39 is 0 Å². The number of anilines is 3. The standard InChI is InChI=1S/C17H16N4O/c22-17-13-7-12-16(19-18-14-8-3-1-4-9-14)21(17)20-15-10-5-2-6-11-15/h1-13,18-20H. The van der Waals surface area contributed by atoms with Crippen LogP contribution in [0.15, 0.2) is 83.7 Å². The number of hydrogen-bond donors (Lipinski definition) is 3. The van der Waals surface area contributed by atoms with E-state index in [2.05, 4.69) is 16.3 Å². The van der Waals surface area contributed by atoms with E-state index in [-0.39, 0.29) is 5.56 Å². The Morgan fingerprint density at radius 3 is 1.95 bits per heavy atom. The minimum absolute atomic E-state index is 0.149. The van der Waals surface area contributed by atoms with Gasteiger partial charge in [-0.05, 0) is 30.3 Å². The lowest BCUT2D eigenvalue weighted by Crippen LogP contribution is -2.29. The molecular weight excluding hydrogens is 276 g/mol. The van der Waals surface area contributed by atoms with E-state index in [9.17, 15) is 4.79 Å². The second-order valence-corrected chi connectivity index (χ2v) is 4.68. The molecule has 0 aliphatic rings. The molecule has 3 aromatic rings. The first-order chi connectivity index (χ1) is 10.8. The topological polar surface area (TPSA) is 58.1 Å². The van der Waals surface area contributed by atoms with Crippen molar-refractivity contribution >= 4 is 17.2 Å². The van der Waals surface area contributed by atoms with Crippen molar-refractivity contribution in [2.24, 2.45) is 0 Å². The van der Waals surface area contributed by atoms with Crippen molar-refractivity contribution in [2.75, 3.05) is 16.3 Å². The van der Waals surface area contributed by atoms with Gasteiger partial charge in [-0.1, -0.05) is 42.5 Å². The predicted molar refractivity (Wildman–Crippen MR) is 89.9 cm³/mol. The maximum atomic E-state index is 12.1. The lowest BCUT2D eigenvalue weighted by Gasteiger charge is -2.17. The van der Waals surface area contributed by atoms with Crippen molar-refractivity contribution < 1.29 is 0 Å². The summed E-state index contributed by atoms with van der Waals surface area (Å²) in [6.07, 6.45) is 0. The minimum atomic E-state index is -0.149. The third-order valence-electron chi connectivity index (χ3n) is 3.08. The maximum absolute atomic E-state index is 12.1. The molecule has 0 fully saturated rings. The molecule has 5 nitrogen and oxygen atoms in total. The smallest absolute Gasteiger partial charge is 0.271 e. The molecule has 0 bridgehead atoms.